The van der Waals surface area contributed by atoms with Crippen LogP contribution >= 0.6 is 11.3 Å². The summed E-state index contributed by atoms with van der Waals surface area (Å²) in [6.07, 6.45) is 4.19. The molecule has 0 N–H and O–H groups in total. The molecule has 0 aliphatic carbocycles. The van der Waals surface area contributed by atoms with Gasteiger partial charge in [0.1, 0.15) is 0 Å². The van der Waals surface area contributed by atoms with Crippen molar-refractivity contribution in [1.29, 1.82) is 0 Å². The van der Waals surface area contributed by atoms with Crippen molar-refractivity contribution in [1.82, 2.24) is 4.90 Å². The number of fused-ring (bicyclic) bond motifs is 1. The van der Waals surface area contributed by atoms with Gasteiger partial charge < -0.3 is 23.8 Å². The van der Waals surface area contributed by atoms with E-state index in [-0.39, 0.29) is 11.9 Å². The first-order valence-corrected chi connectivity index (χ1v) is 12.0. The van der Waals surface area contributed by atoms with Crippen LogP contribution in [0.25, 0.3) is 6.08 Å². The Morgan fingerprint density at radius 3 is 2.47 bits per heavy atom. The number of ether oxygens (including phenoxy) is 4. The Morgan fingerprint density at radius 1 is 1.03 bits per heavy atom. The van der Waals surface area contributed by atoms with Crippen LogP contribution in [-0.4, -0.2) is 45.3 Å². The van der Waals surface area contributed by atoms with E-state index in [4.69, 9.17) is 18.9 Å². The second kappa shape index (κ2) is 10.7. The smallest absolute Gasteiger partial charge is 0.247 e. The van der Waals surface area contributed by atoms with Gasteiger partial charge in [0.2, 0.25) is 5.91 Å². The second-order valence-corrected chi connectivity index (χ2v) is 8.76. The third-order valence-electron chi connectivity index (χ3n) is 5.88. The van der Waals surface area contributed by atoms with Crippen molar-refractivity contribution in [2.75, 3.05) is 34.5 Å². The second-order valence-electron chi connectivity index (χ2n) is 7.78. The van der Waals surface area contributed by atoms with Gasteiger partial charge in [0.25, 0.3) is 0 Å². The van der Waals surface area contributed by atoms with Gasteiger partial charge in [-0.3, -0.25) is 4.79 Å². The minimum absolute atomic E-state index is 0.0485. The topological polar surface area (TPSA) is 57.2 Å². The fourth-order valence-corrected chi connectivity index (χ4v) is 5.12. The molecule has 3 aromatic rings. The molecule has 6 nitrogen and oxygen atoms in total. The minimum Gasteiger partial charge on any atom is -0.493 e. The Bertz CT molecular complexity index is 1170. The summed E-state index contributed by atoms with van der Waals surface area (Å²) in [5.74, 6) is 2.64. The number of nitrogens with zero attached hydrogens (tertiary/aromatic N) is 1. The average molecular weight is 480 g/mol. The molecule has 4 rings (SSSR count). The van der Waals surface area contributed by atoms with Crippen molar-refractivity contribution in [2.24, 2.45) is 0 Å². The van der Waals surface area contributed by atoms with Gasteiger partial charge in [0, 0.05) is 17.5 Å². The van der Waals surface area contributed by atoms with Crippen LogP contribution in [0.2, 0.25) is 0 Å². The summed E-state index contributed by atoms with van der Waals surface area (Å²) in [6, 6.07) is 13.6. The molecular weight excluding hydrogens is 450 g/mol. The summed E-state index contributed by atoms with van der Waals surface area (Å²) in [5.41, 5.74) is 3.10. The molecule has 1 aliphatic heterocycles. The molecule has 0 saturated carbocycles. The maximum Gasteiger partial charge on any atom is 0.247 e. The van der Waals surface area contributed by atoms with Crippen molar-refractivity contribution in [2.45, 2.75) is 19.4 Å². The molecule has 1 aliphatic rings. The highest BCUT2D eigenvalue weighted by atomic mass is 32.1. The predicted molar refractivity (Wildman–Crippen MR) is 134 cm³/mol. The van der Waals surface area contributed by atoms with Gasteiger partial charge in [-0.05, 0) is 71.8 Å². The van der Waals surface area contributed by atoms with E-state index in [9.17, 15) is 4.79 Å². The molecule has 1 aromatic heterocycles. The molecule has 0 radical (unpaired) electrons. The van der Waals surface area contributed by atoms with Gasteiger partial charge in [-0.2, -0.15) is 0 Å². The van der Waals surface area contributed by atoms with Gasteiger partial charge in [-0.15, -0.1) is 11.3 Å². The summed E-state index contributed by atoms with van der Waals surface area (Å²) < 4.78 is 22.1. The van der Waals surface area contributed by atoms with Gasteiger partial charge in [-0.1, -0.05) is 12.1 Å². The molecule has 0 spiro atoms. The number of carbonyl (C=O) groups is 1. The van der Waals surface area contributed by atoms with E-state index in [0.717, 1.165) is 22.4 Å². The number of rotatable bonds is 8. The Morgan fingerprint density at radius 2 is 1.79 bits per heavy atom. The van der Waals surface area contributed by atoms with E-state index < -0.39 is 0 Å². The fourth-order valence-electron chi connectivity index (χ4n) is 4.27. The van der Waals surface area contributed by atoms with Crippen molar-refractivity contribution in [3.8, 4) is 23.0 Å². The monoisotopic (exact) mass is 479 g/mol. The van der Waals surface area contributed by atoms with Gasteiger partial charge in [0.15, 0.2) is 23.0 Å². The van der Waals surface area contributed by atoms with Crippen molar-refractivity contribution < 1.29 is 23.7 Å². The SMILES string of the molecule is CCOc1cc(/C=C/C(=O)N2CCc3cc(OC)c(OC)cc3C2c2cccs2)ccc1OC. The number of thiophene rings is 1. The highest BCUT2D eigenvalue weighted by molar-refractivity contribution is 7.10. The molecule has 0 fully saturated rings. The summed E-state index contributed by atoms with van der Waals surface area (Å²) >= 11 is 1.64. The molecule has 2 aromatic carbocycles. The zero-order valence-corrected chi connectivity index (χ0v) is 20.7. The van der Waals surface area contributed by atoms with Gasteiger partial charge >= 0.3 is 0 Å². The predicted octanol–water partition coefficient (Wildman–Crippen LogP) is 5.36. The normalized spacial score (nSPS) is 15.2. The van der Waals surface area contributed by atoms with Crippen LogP contribution < -0.4 is 18.9 Å². The first-order chi connectivity index (χ1) is 16.6. The van der Waals surface area contributed by atoms with Crippen LogP contribution in [0.3, 0.4) is 0 Å². The molecule has 1 unspecified atom stereocenters. The lowest BCUT2D eigenvalue weighted by Crippen LogP contribution is -2.39. The van der Waals surface area contributed by atoms with Crippen LogP contribution in [0.1, 0.15) is 34.5 Å². The van der Waals surface area contributed by atoms with Crippen molar-refractivity contribution >= 4 is 23.3 Å². The van der Waals surface area contributed by atoms with Gasteiger partial charge in [0.05, 0.1) is 34.0 Å². The summed E-state index contributed by atoms with van der Waals surface area (Å²) in [7, 11) is 4.88. The number of hydrogen-bond donors (Lipinski definition) is 0. The van der Waals surface area contributed by atoms with Crippen LogP contribution in [0, 0.1) is 0 Å². The van der Waals surface area contributed by atoms with E-state index >= 15 is 0 Å². The van der Waals surface area contributed by atoms with Crippen molar-refractivity contribution in [3.05, 3.63) is 75.5 Å². The fraction of sp³-hybridized carbons (Fsp3) is 0.296. The number of carbonyl (C=O) groups excluding carboxylic acids is 1. The Labute approximate surface area is 204 Å². The number of benzene rings is 2. The van der Waals surface area contributed by atoms with E-state index in [1.807, 2.05) is 59.7 Å². The lowest BCUT2D eigenvalue weighted by molar-refractivity contribution is -0.127. The number of methoxy groups -OCH3 is 3. The van der Waals surface area contributed by atoms with E-state index in [2.05, 4.69) is 6.07 Å². The summed E-state index contributed by atoms with van der Waals surface area (Å²) in [4.78, 5) is 16.5. The zero-order valence-electron chi connectivity index (χ0n) is 19.9. The third kappa shape index (κ3) is 4.75. The minimum atomic E-state index is -0.185. The quantitative estimate of drug-likeness (QED) is 0.407. The molecule has 1 atom stereocenters. The van der Waals surface area contributed by atoms with E-state index in [1.54, 1.807) is 38.7 Å². The first kappa shape index (κ1) is 23.7. The average Bonchev–Trinajstić information content (AvgIpc) is 3.40. The standard InChI is InChI=1S/C27H29NO5S/c1-5-33-24-15-18(8-10-21(24)30-2)9-11-26(29)28-13-12-19-16-22(31-3)23(32-4)17-20(19)27(28)25-7-6-14-34-25/h6-11,14-17,27H,5,12-13H2,1-4H3/b11-9+. The first-order valence-electron chi connectivity index (χ1n) is 11.2. The number of amides is 1. The Hall–Kier alpha value is -3.45. The number of hydrogen-bond acceptors (Lipinski definition) is 6. The maximum absolute atomic E-state index is 13.4. The highest BCUT2D eigenvalue weighted by Gasteiger charge is 2.33. The Balaban J connectivity index is 1.66. The van der Waals surface area contributed by atoms with Crippen LogP contribution in [0.5, 0.6) is 23.0 Å². The molecule has 178 valence electrons. The van der Waals surface area contributed by atoms with Crippen LogP contribution in [0.4, 0.5) is 0 Å². The summed E-state index contributed by atoms with van der Waals surface area (Å²) in [6.45, 7) is 3.07. The molecule has 2 heterocycles. The third-order valence-corrected chi connectivity index (χ3v) is 6.80. The molecule has 7 heteroatoms. The molecular formula is C27H29NO5S. The van der Waals surface area contributed by atoms with Crippen molar-refractivity contribution in [3.63, 3.8) is 0 Å². The molecule has 0 saturated heterocycles. The molecule has 0 bridgehead atoms. The Kier molecular flexibility index (Phi) is 7.43. The molecule has 1 amide bonds. The lowest BCUT2D eigenvalue weighted by Gasteiger charge is -2.37. The maximum atomic E-state index is 13.4. The van der Waals surface area contributed by atoms with E-state index in [1.165, 1.54) is 5.56 Å². The lowest BCUT2D eigenvalue weighted by atomic mass is 9.90. The van der Waals surface area contributed by atoms with Gasteiger partial charge in [-0.25, -0.2) is 0 Å². The highest BCUT2D eigenvalue weighted by Crippen LogP contribution is 2.42. The summed E-state index contributed by atoms with van der Waals surface area (Å²) in [5, 5.41) is 2.04. The van der Waals surface area contributed by atoms with Crippen LogP contribution in [-0.2, 0) is 11.2 Å². The van der Waals surface area contributed by atoms with Crippen LogP contribution in [0.15, 0.2) is 53.9 Å². The molecule has 34 heavy (non-hydrogen) atoms. The largest absolute Gasteiger partial charge is 0.493 e. The van der Waals surface area contributed by atoms with E-state index in [0.29, 0.717) is 36.1 Å². The zero-order chi connectivity index (χ0) is 24.1.